The predicted octanol–water partition coefficient (Wildman–Crippen LogP) is 4.12. The van der Waals surface area contributed by atoms with Crippen molar-refractivity contribution in [3.8, 4) is 17.2 Å². The Kier molecular flexibility index (Phi) is 6.60. The fraction of sp³-hybridized carbons (Fsp3) is 0.292. The number of furan rings is 1. The predicted molar refractivity (Wildman–Crippen MR) is 120 cm³/mol. The van der Waals surface area contributed by atoms with Crippen LogP contribution in [-0.2, 0) is 16.7 Å². The van der Waals surface area contributed by atoms with Crippen LogP contribution in [0.2, 0.25) is 0 Å². The smallest absolute Gasteiger partial charge is 0.339 e. The zero-order valence-electron chi connectivity index (χ0n) is 18.4. The molecule has 0 spiro atoms. The molecule has 1 amide bonds. The van der Waals surface area contributed by atoms with Crippen molar-refractivity contribution in [3.05, 3.63) is 72.2 Å². The van der Waals surface area contributed by atoms with Crippen molar-refractivity contribution in [2.45, 2.75) is 24.3 Å². The van der Waals surface area contributed by atoms with Crippen LogP contribution in [-0.4, -0.2) is 40.0 Å². The summed E-state index contributed by atoms with van der Waals surface area (Å²) >= 11 is 0. The van der Waals surface area contributed by atoms with E-state index in [1.165, 1.54) is 32.6 Å². The summed E-state index contributed by atoms with van der Waals surface area (Å²) in [6.07, 6.45) is 3.63. The highest BCUT2D eigenvalue weighted by molar-refractivity contribution is 7.87. The lowest BCUT2D eigenvalue weighted by atomic mass is 10.1. The molecule has 0 N–H and O–H groups in total. The Morgan fingerprint density at radius 1 is 1.03 bits per heavy atom. The first-order valence-electron chi connectivity index (χ1n) is 10.5. The zero-order chi connectivity index (χ0) is 23.4. The average molecular weight is 472 g/mol. The Hall–Kier alpha value is -3.46. The summed E-state index contributed by atoms with van der Waals surface area (Å²) in [5.74, 6) is 1.36. The normalized spacial score (nSPS) is 13.4. The molecule has 0 aliphatic heterocycles. The number of benzene rings is 2. The third-order valence-corrected chi connectivity index (χ3v) is 6.59. The van der Waals surface area contributed by atoms with Gasteiger partial charge in [-0.1, -0.05) is 6.07 Å². The molecule has 0 radical (unpaired) electrons. The van der Waals surface area contributed by atoms with Crippen molar-refractivity contribution in [2.24, 2.45) is 5.92 Å². The van der Waals surface area contributed by atoms with E-state index < -0.39 is 10.1 Å². The van der Waals surface area contributed by atoms with Gasteiger partial charge in [-0.05, 0) is 72.9 Å². The number of hydrogen-bond acceptors (Lipinski definition) is 7. The molecule has 174 valence electrons. The molecule has 9 heteroatoms. The second kappa shape index (κ2) is 9.58. The number of rotatable bonds is 10. The highest BCUT2D eigenvalue weighted by Gasteiger charge is 2.29. The van der Waals surface area contributed by atoms with Gasteiger partial charge < -0.3 is 23.0 Å². The molecule has 1 aliphatic carbocycles. The summed E-state index contributed by atoms with van der Waals surface area (Å²) in [6, 6.07) is 14.2. The van der Waals surface area contributed by atoms with Crippen LogP contribution in [0.15, 0.2) is 70.2 Å². The number of amides is 1. The lowest BCUT2D eigenvalue weighted by Gasteiger charge is -2.22. The Labute approximate surface area is 192 Å². The third kappa shape index (κ3) is 5.48. The number of nitrogens with zero attached hydrogens (tertiary/aromatic N) is 1. The molecule has 3 aromatic rings. The van der Waals surface area contributed by atoms with Gasteiger partial charge in [0, 0.05) is 13.1 Å². The molecule has 0 bridgehead atoms. The van der Waals surface area contributed by atoms with E-state index in [2.05, 4.69) is 0 Å². The lowest BCUT2D eigenvalue weighted by molar-refractivity contribution is 0.0702. The summed E-state index contributed by atoms with van der Waals surface area (Å²) in [6.45, 7) is 0.880. The van der Waals surface area contributed by atoms with E-state index in [0.29, 0.717) is 23.8 Å². The Bertz CT molecular complexity index is 1200. The third-order valence-electron chi connectivity index (χ3n) is 5.34. The van der Waals surface area contributed by atoms with E-state index in [1.807, 2.05) is 0 Å². The van der Waals surface area contributed by atoms with Crippen LogP contribution < -0.4 is 13.7 Å². The van der Waals surface area contributed by atoms with Crippen molar-refractivity contribution >= 4 is 16.0 Å². The van der Waals surface area contributed by atoms with Gasteiger partial charge in [-0.2, -0.15) is 8.42 Å². The molecule has 1 aromatic heterocycles. The molecule has 0 atom stereocenters. The van der Waals surface area contributed by atoms with Crippen LogP contribution in [0.3, 0.4) is 0 Å². The molecule has 1 saturated carbocycles. The molecule has 1 fully saturated rings. The molecular weight excluding hydrogens is 446 g/mol. The first-order chi connectivity index (χ1) is 15.9. The van der Waals surface area contributed by atoms with E-state index in [9.17, 15) is 13.2 Å². The number of methoxy groups -OCH3 is 2. The highest BCUT2D eigenvalue weighted by atomic mass is 32.2. The summed E-state index contributed by atoms with van der Waals surface area (Å²) < 4.78 is 46.7. The molecule has 8 nitrogen and oxygen atoms in total. The molecule has 4 rings (SSSR count). The van der Waals surface area contributed by atoms with E-state index in [0.717, 1.165) is 12.8 Å². The fourth-order valence-electron chi connectivity index (χ4n) is 3.40. The van der Waals surface area contributed by atoms with E-state index in [-0.39, 0.29) is 34.6 Å². The number of hydrogen-bond donors (Lipinski definition) is 0. The fourth-order valence-corrected chi connectivity index (χ4v) is 4.33. The highest BCUT2D eigenvalue weighted by Crippen LogP contribution is 2.33. The Morgan fingerprint density at radius 3 is 2.39 bits per heavy atom. The molecule has 1 aliphatic rings. The number of carbonyl (C=O) groups excluding carboxylic acids is 1. The number of carbonyl (C=O) groups is 1. The van der Waals surface area contributed by atoms with Crippen LogP contribution in [0.25, 0.3) is 0 Å². The first-order valence-corrected chi connectivity index (χ1v) is 11.9. The van der Waals surface area contributed by atoms with Gasteiger partial charge in [0.15, 0.2) is 17.3 Å². The van der Waals surface area contributed by atoms with Gasteiger partial charge >= 0.3 is 10.1 Å². The van der Waals surface area contributed by atoms with E-state index >= 15 is 0 Å². The Morgan fingerprint density at radius 2 is 1.79 bits per heavy atom. The summed E-state index contributed by atoms with van der Waals surface area (Å²) in [7, 11) is -1.18. The van der Waals surface area contributed by atoms with Crippen molar-refractivity contribution in [2.75, 3.05) is 20.8 Å². The maximum absolute atomic E-state index is 12.9. The van der Waals surface area contributed by atoms with Crippen LogP contribution in [0.1, 0.15) is 29.0 Å². The second-order valence-corrected chi connectivity index (χ2v) is 9.35. The topological polar surface area (TPSA) is 95.3 Å². The molecule has 2 aromatic carbocycles. The van der Waals surface area contributed by atoms with Crippen LogP contribution in [0.4, 0.5) is 0 Å². The standard InChI is InChI=1S/C24H25NO7S/c1-29-19-8-10-20(11-9-19)33(27,28)32-23-14-18(7-12-21(23)30-2)16-25(15-17-5-6-17)24(26)22-4-3-13-31-22/h3-4,7-14,17H,5-6,15-16H2,1-2H3. The van der Waals surface area contributed by atoms with Gasteiger partial charge in [-0.3, -0.25) is 4.79 Å². The van der Waals surface area contributed by atoms with Crippen molar-refractivity contribution in [1.82, 2.24) is 4.90 Å². The largest absolute Gasteiger partial charge is 0.497 e. The first kappa shape index (κ1) is 22.7. The van der Waals surface area contributed by atoms with Gasteiger partial charge in [0.05, 0.1) is 20.5 Å². The summed E-state index contributed by atoms with van der Waals surface area (Å²) in [5, 5.41) is 0. The van der Waals surface area contributed by atoms with Gasteiger partial charge in [0.25, 0.3) is 5.91 Å². The average Bonchev–Trinajstić information content (AvgIpc) is 3.46. The molecular formula is C24H25NO7S. The van der Waals surface area contributed by atoms with E-state index in [1.54, 1.807) is 47.4 Å². The lowest BCUT2D eigenvalue weighted by Crippen LogP contribution is -2.32. The van der Waals surface area contributed by atoms with Gasteiger partial charge in [0.1, 0.15) is 10.6 Å². The van der Waals surface area contributed by atoms with Gasteiger partial charge in [0.2, 0.25) is 0 Å². The molecule has 33 heavy (non-hydrogen) atoms. The molecule has 0 saturated heterocycles. The van der Waals surface area contributed by atoms with Crippen molar-refractivity contribution in [3.63, 3.8) is 0 Å². The Balaban J connectivity index is 1.58. The molecule has 0 unspecified atom stereocenters. The minimum absolute atomic E-state index is 0.0147. The minimum Gasteiger partial charge on any atom is -0.497 e. The second-order valence-electron chi connectivity index (χ2n) is 7.80. The van der Waals surface area contributed by atoms with E-state index in [4.69, 9.17) is 18.1 Å². The SMILES string of the molecule is COc1ccc(S(=O)(=O)Oc2cc(CN(CC3CC3)C(=O)c3ccco3)ccc2OC)cc1. The van der Waals surface area contributed by atoms with Crippen LogP contribution in [0.5, 0.6) is 17.2 Å². The van der Waals surface area contributed by atoms with Crippen molar-refractivity contribution in [1.29, 1.82) is 0 Å². The van der Waals surface area contributed by atoms with Gasteiger partial charge in [-0.25, -0.2) is 0 Å². The van der Waals surface area contributed by atoms with Gasteiger partial charge in [-0.15, -0.1) is 0 Å². The van der Waals surface area contributed by atoms with Crippen LogP contribution in [0, 0.1) is 5.92 Å². The number of ether oxygens (including phenoxy) is 2. The maximum atomic E-state index is 12.9. The quantitative estimate of drug-likeness (QED) is 0.411. The molecule has 1 heterocycles. The maximum Gasteiger partial charge on any atom is 0.339 e. The van der Waals surface area contributed by atoms with Crippen molar-refractivity contribution < 1.29 is 31.3 Å². The summed E-state index contributed by atoms with van der Waals surface area (Å²) in [5.41, 5.74) is 0.705. The monoisotopic (exact) mass is 471 g/mol. The van der Waals surface area contributed by atoms with Crippen LogP contribution >= 0.6 is 0 Å². The summed E-state index contributed by atoms with van der Waals surface area (Å²) in [4.78, 5) is 14.6. The minimum atomic E-state index is -4.11. The zero-order valence-corrected chi connectivity index (χ0v) is 19.2.